The minimum Gasteiger partial charge on any atom is -0.387 e. The molecule has 9 atom stereocenters. The first-order chi connectivity index (χ1) is 31.5. The van der Waals surface area contributed by atoms with Crippen molar-refractivity contribution >= 4 is 58.9 Å². The van der Waals surface area contributed by atoms with E-state index < -0.39 is 125 Å². The largest absolute Gasteiger partial charge is 0.387 e. The minimum absolute atomic E-state index is 0.0875. The summed E-state index contributed by atoms with van der Waals surface area (Å²) in [6.45, 7) is 25.4. The molecule has 0 aromatic rings. The number of nitrogens with zero attached hydrogens (tertiary/aromatic N) is 6. The van der Waals surface area contributed by atoms with Crippen molar-refractivity contribution in [2.75, 3.05) is 41.8 Å². The van der Waals surface area contributed by atoms with Crippen LogP contribution in [-0.4, -0.2) is 190 Å². The molecular weight excluding hydrogens is 891 g/mol. The van der Waals surface area contributed by atoms with Gasteiger partial charge in [-0.05, 0) is 91.4 Å². The molecule has 0 saturated carbocycles. The number of amides is 9. The Kier molecular flexibility index (Phi) is 24.1. The molecule has 394 valence electrons. The van der Waals surface area contributed by atoms with Crippen LogP contribution in [0.2, 0.25) is 0 Å². The van der Waals surface area contributed by atoms with E-state index in [0.29, 0.717) is 0 Å². The number of aliphatic imine (C=N–C) groups is 1. The van der Waals surface area contributed by atoms with E-state index in [0.717, 1.165) is 9.80 Å². The number of carbonyl (C=O) groups excluding carboxylic acids is 9. The van der Waals surface area contributed by atoms with Crippen molar-refractivity contribution in [3.05, 3.63) is 0 Å². The second-order valence-electron chi connectivity index (χ2n) is 21.4. The standard InChI is InChI=1S/C49H87N9O11/c1-26(2)21-35-42(62)51-34(25-69-49(13,14)15)41(61)50-30(9)24-38(60)52-39(29(7)8)47(67)58(20)37(23-28(5)6)46(66)54(16)31(10)44(64)57(19)36(22-27(3)4)43(63)53-40(33(12)59)48(68)55(17)32(11)45(65)56(35)18/h26-37,39,59H,21-25H2,1-20H3,(H,50,61)(H,51,62)(H,52,60)/b53-40-/t30-,31-,32-,33?,34-,35-,36-,37-,39+/m0/s1. The number of nitrogens with one attached hydrogen (secondary N) is 3. The third-order valence-electron chi connectivity index (χ3n) is 12.2. The lowest BCUT2D eigenvalue weighted by Crippen LogP contribution is -2.60. The summed E-state index contributed by atoms with van der Waals surface area (Å²) in [4.78, 5) is 137. The monoisotopic (exact) mass is 978 g/mol. The Morgan fingerprint density at radius 3 is 1.51 bits per heavy atom. The lowest BCUT2D eigenvalue weighted by atomic mass is 9.97. The first kappa shape index (κ1) is 62.0. The van der Waals surface area contributed by atoms with Gasteiger partial charge in [0.15, 0.2) is 0 Å². The Balaban J connectivity index is 4.12. The summed E-state index contributed by atoms with van der Waals surface area (Å²) in [5, 5.41) is 19.2. The third-order valence-corrected chi connectivity index (χ3v) is 12.2. The van der Waals surface area contributed by atoms with E-state index in [-0.39, 0.29) is 50.0 Å². The van der Waals surface area contributed by atoms with Gasteiger partial charge in [-0.3, -0.25) is 43.2 Å². The zero-order valence-corrected chi connectivity index (χ0v) is 45.3. The molecule has 20 nitrogen and oxygen atoms in total. The van der Waals surface area contributed by atoms with Crippen LogP contribution in [0.3, 0.4) is 0 Å². The molecule has 20 heteroatoms. The number of aliphatic hydroxyl groups is 1. The molecule has 1 heterocycles. The molecule has 1 aliphatic heterocycles. The van der Waals surface area contributed by atoms with Crippen LogP contribution in [0.5, 0.6) is 0 Å². The van der Waals surface area contributed by atoms with Crippen LogP contribution in [0.1, 0.15) is 130 Å². The SMILES string of the molecule is CC(C)C[C@H]1C(=O)N(C)[C@@H](C)C(=O)N(C)[C@@H](CC(C)C)C(=O)/N=C(/C(C)O)C(=O)N(C)[C@@H](C)C(=O)N(C)[C@@H](CC(C)C)C(=O)N[C@@H](COC(C)(C)C)C(=O)N[C@@H](C)CC(=O)N[C@H](C(C)C)C(=O)N1C. The molecule has 0 aromatic heterocycles. The van der Waals surface area contributed by atoms with Crippen LogP contribution in [0.15, 0.2) is 4.99 Å². The van der Waals surface area contributed by atoms with Gasteiger partial charge < -0.3 is 50.3 Å². The molecule has 0 aromatic carbocycles. The van der Waals surface area contributed by atoms with Gasteiger partial charge >= 0.3 is 0 Å². The van der Waals surface area contributed by atoms with Gasteiger partial charge in [-0.2, -0.15) is 0 Å². The quantitative estimate of drug-likeness (QED) is 0.247. The van der Waals surface area contributed by atoms with Crippen LogP contribution >= 0.6 is 0 Å². The van der Waals surface area contributed by atoms with Crippen molar-refractivity contribution in [2.24, 2.45) is 28.7 Å². The summed E-state index contributed by atoms with van der Waals surface area (Å²) in [7, 11) is 6.96. The van der Waals surface area contributed by atoms with Gasteiger partial charge in [0.05, 0.1) is 18.3 Å². The predicted octanol–water partition coefficient (Wildman–Crippen LogP) is 2.00. The molecule has 9 amide bonds. The van der Waals surface area contributed by atoms with Gasteiger partial charge in [-0.15, -0.1) is 0 Å². The van der Waals surface area contributed by atoms with Gasteiger partial charge in [-0.1, -0.05) is 55.4 Å². The number of hydrogen-bond donors (Lipinski definition) is 4. The fourth-order valence-corrected chi connectivity index (χ4v) is 7.73. The summed E-state index contributed by atoms with van der Waals surface area (Å²) in [6.07, 6.45) is -1.43. The van der Waals surface area contributed by atoms with Crippen LogP contribution in [-0.2, 0) is 47.9 Å². The zero-order chi connectivity index (χ0) is 53.7. The van der Waals surface area contributed by atoms with E-state index in [1.807, 2.05) is 41.5 Å². The maximum Gasteiger partial charge on any atom is 0.271 e. The first-order valence-corrected chi connectivity index (χ1v) is 24.2. The summed E-state index contributed by atoms with van der Waals surface area (Å²) in [5.74, 6) is -7.12. The fourth-order valence-electron chi connectivity index (χ4n) is 7.73. The maximum atomic E-state index is 14.4. The highest BCUT2D eigenvalue weighted by Gasteiger charge is 2.41. The lowest BCUT2D eigenvalue weighted by Gasteiger charge is -2.38. The van der Waals surface area contributed by atoms with E-state index in [9.17, 15) is 48.3 Å². The van der Waals surface area contributed by atoms with E-state index in [4.69, 9.17) is 4.74 Å². The summed E-state index contributed by atoms with van der Waals surface area (Å²) < 4.78 is 5.95. The Bertz CT molecular complexity index is 1860. The molecule has 0 bridgehead atoms. The molecule has 0 fully saturated rings. The van der Waals surface area contributed by atoms with E-state index >= 15 is 0 Å². The second-order valence-corrected chi connectivity index (χ2v) is 21.4. The Hall–Kier alpha value is -4.98. The lowest BCUT2D eigenvalue weighted by molar-refractivity contribution is -0.152. The number of hydrogen-bond acceptors (Lipinski definition) is 11. The molecule has 0 radical (unpaired) electrons. The Morgan fingerprint density at radius 1 is 0.594 bits per heavy atom. The average molecular weight is 978 g/mol. The van der Waals surface area contributed by atoms with Crippen LogP contribution in [0, 0.1) is 23.7 Å². The maximum absolute atomic E-state index is 14.4. The van der Waals surface area contributed by atoms with Crippen molar-refractivity contribution in [3.8, 4) is 0 Å². The molecule has 1 unspecified atom stereocenters. The smallest absolute Gasteiger partial charge is 0.271 e. The number of likely N-dealkylation sites (N-methyl/N-ethyl adjacent to an activating group) is 5. The highest BCUT2D eigenvalue weighted by Crippen LogP contribution is 2.21. The number of carbonyl (C=O) groups is 9. The van der Waals surface area contributed by atoms with Crippen molar-refractivity contribution in [2.45, 2.75) is 190 Å². The second kappa shape index (κ2) is 26.8. The summed E-state index contributed by atoms with van der Waals surface area (Å²) in [5.41, 5.74) is -1.33. The molecule has 0 spiro atoms. The van der Waals surface area contributed by atoms with Gasteiger partial charge in [0.25, 0.3) is 11.8 Å². The normalized spacial score (nSPS) is 27.5. The fraction of sp³-hybridized carbons (Fsp3) is 0.796. The van der Waals surface area contributed by atoms with Crippen molar-refractivity contribution < 1.29 is 53.0 Å². The van der Waals surface area contributed by atoms with E-state index in [1.165, 1.54) is 70.7 Å². The van der Waals surface area contributed by atoms with Gasteiger partial charge in [0.2, 0.25) is 41.4 Å². The summed E-state index contributed by atoms with van der Waals surface area (Å²) >= 11 is 0. The third kappa shape index (κ3) is 18.4. The highest BCUT2D eigenvalue weighted by molar-refractivity contribution is 6.42. The minimum atomic E-state index is -1.60. The van der Waals surface area contributed by atoms with Crippen molar-refractivity contribution in [1.29, 1.82) is 0 Å². The average Bonchev–Trinajstić information content (AvgIpc) is 3.24. The van der Waals surface area contributed by atoms with Crippen LogP contribution < -0.4 is 16.0 Å². The Morgan fingerprint density at radius 2 is 1.04 bits per heavy atom. The van der Waals surface area contributed by atoms with Crippen molar-refractivity contribution in [3.63, 3.8) is 0 Å². The van der Waals surface area contributed by atoms with Crippen LogP contribution in [0.25, 0.3) is 0 Å². The molecule has 69 heavy (non-hydrogen) atoms. The van der Waals surface area contributed by atoms with Gasteiger partial charge in [0.1, 0.15) is 48.0 Å². The van der Waals surface area contributed by atoms with E-state index in [2.05, 4.69) is 20.9 Å². The summed E-state index contributed by atoms with van der Waals surface area (Å²) in [6, 6.07) is -9.10. The predicted molar refractivity (Wildman–Crippen MR) is 263 cm³/mol. The molecular formula is C49H87N9O11. The first-order valence-electron chi connectivity index (χ1n) is 24.2. The van der Waals surface area contributed by atoms with E-state index in [1.54, 1.807) is 41.5 Å². The molecule has 1 rings (SSSR count). The zero-order valence-electron chi connectivity index (χ0n) is 45.3. The highest BCUT2D eigenvalue weighted by atomic mass is 16.5. The van der Waals surface area contributed by atoms with Gasteiger partial charge in [-0.25, -0.2) is 4.99 Å². The molecule has 0 aliphatic carbocycles. The topological polar surface area (TPSA) is 248 Å². The number of ether oxygens (including phenoxy) is 1. The molecule has 4 N–H and O–H groups in total. The number of rotatable bonds is 10. The molecule has 0 saturated heterocycles. The Labute approximate surface area is 411 Å². The van der Waals surface area contributed by atoms with Gasteiger partial charge in [0, 0.05) is 47.7 Å². The van der Waals surface area contributed by atoms with Crippen molar-refractivity contribution in [1.82, 2.24) is 40.4 Å². The number of aliphatic hydroxyl groups excluding tert-OH is 1. The van der Waals surface area contributed by atoms with Crippen LogP contribution in [0.4, 0.5) is 0 Å². The molecule has 1 aliphatic rings.